The van der Waals surface area contributed by atoms with Crippen LogP contribution in [0, 0.1) is 5.92 Å². The van der Waals surface area contributed by atoms with Gasteiger partial charge in [0.25, 0.3) is 6.43 Å². The molecule has 6 nitrogen and oxygen atoms in total. The van der Waals surface area contributed by atoms with Crippen molar-refractivity contribution in [2.45, 2.75) is 12.8 Å². The van der Waals surface area contributed by atoms with Gasteiger partial charge in [-0.3, -0.25) is 4.79 Å². The van der Waals surface area contributed by atoms with Crippen LogP contribution in [0.3, 0.4) is 0 Å². The fourth-order valence-electron chi connectivity index (χ4n) is 1.66. The molecule has 1 aliphatic heterocycles. The number of amides is 2. The summed E-state index contributed by atoms with van der Waals surface area (Å²) in [7, 11) is 0. The number of nitrogens with zero attached hydrogens (tertiary/aromatic N) is 1. The van der Waals surface area contributed by atoms with Crippen LogP contribution in [0.1, 0.15) is 6.42 Å². The SMILES string of the molecule is O=C(O)C1CCN(C(=O)NCCOCC(F)F)C1. The van der Waals surface area contributed by atoms with E-state index in [1.165, 1.54) is 4.90 Å². The molecular formula is C10H16F2N2O4. The molecule has 1 unspecified atom stereocenters. The van der Waals surface area contributed by atoms with Gasteiger partial charge in [-0.15, -0.1) is 0 Å². The quantitative estimate of drug-likeness (QED) is 0.681. The lowest BCUT2D eigenvalue weighted by Gasteiger charge is -2.16. The van der Waals surface area contributed by atoms with Crippen molar-refractivity contribution in [1.29, 1.82) is 0 Å². The van der Waals surface area contributed by atoms with Gasteiger partial charge in [-0.05, 0) is 6.42 Å². The smallest absolute Gasteiger partial charge is 0.317 e. The first-order valence-electron chi connectivity index (χ1n) is 5.62. The number of nitrogens with one attached hydrogen (secondary N) is 1. The molecule has 0 bridgehead atoms. The van der Waals surface area contributed by atoms with Crippen LogP contribution in [0.25, 0.3) is 0 Å². The molecule has 2 amide bonds. The van der Waals surface area contributed by atoms with Crippen molar-refractivity contribution in [2.24, 2.45) is 5.92 Å². The molecule has 2 N–H and O–H groups in total. The Morgan fingerprint density at radius 2 is 2.22 bits per heavy atom. The molecular weight excluding hydrogens is 250 g/mol. The van der Waals surface area contributed by atoms with Gasteiger partial charge >= 0.3 is 12.0 Å². The molecule has 104 valence electrons. The Bertz CT molecular complexity index is 302. The van der Waals surface area contributed by atoms with Gasteiger partial charge in [-0.1, -0.05) is 0 Å². The van der Waals surface area contributed by atoms with E-state index in [4.69, 9.17) is 5.11 Å². The summed E-state index contributed by atoms with van der Waals surface area (Å²) < 4.78 is 28.0. The molecule has 1 heterocycles. The number of halogens is 2. The van der Waals surface area contributed by atoms with E-state index < -0.39 is 24.9 Å². The molecule has 1 aliphatic rings. The van der Waals surface area contributed by atoms with Gasteiger partial charge < -0.3 is 20.1 Å². The van der Waals surface area contributed by atoms with Crippen molar-refractivity contribution in [2.75, 3.05) is 32.8 Å². The Labute approximate surface area is 103 Å². The minimum Gasteiger partial charge on any atom is -0.481 e. The second kappa shape index (κ2) is 7.10. The topological polar surface area (TPSA) is 78.9 Å². The molecule has 0 aliphatic carbocycles. The highest BCUT2D eigenvalue weighted by atomic mass is 19.3. The zero-order valence-electron chi connectivity index (χ0n) is 9.77. The number of likely N-dealkylation sites (tertiary alicyclic amines) is 1. The van der Waals surface area contributed by atoms with Crippen LogP contribution in [-0.4, -0.2) is 61.3 Å². The Morgan fingerprint density at radius 3 is 2.78 bits per heavy atom. The third-order valence-corrected chi connectivity index (χ3v) is 2.59. The fraction of sp³-hybridized carbons (Fsp3) is 0.800. The van der Waals surface area contributed by atoms with Crippen molar-refractivity contribution >= 4 is 12.0 Å². The molecule has 0 aromatic rings. The average Bonchev–Trinajstić information content (AvgIpc) is 2.77. The predicted molar refractivity (Wildman–Crippen MR) is 57.5 cm³/mol. The number of carbonyl (C=O) groups excluding carboxylic acids is 1. The monoisotopic (exact) mass is 266 g/mol. The summed E-state index contributed by atoms with van der Waals surface area (Å²) in [5, 5.41) is 11.2. The maximum atomic E-state index is 11.7. The van der Waals surface area contributed by atoms with Crippen LogP contribution >= 0.6 is 0 Å². The van der Waals surface area contributed by atoms with E-state index in [0.29, 0.717) is 13.0 Å². The molecule has 1 rings (SSSR count). The normalized spacial score (nSPS) is 19.3. The number of alkyl halides is 2. The molecule has 0 spiro atoms. The van der Waals surface area contributed by atoms with Crippen LogP contribution < -0.4 is 5.32 Å². The van der Waals surface area contributed by atoms with E-state index in [1.54, 1.807) is 0 Å². The van der Waals surface area contributed by atoms with Crippen LogP contribution in [0.15, 0.2) is 0 Å². The van der Waals surface area contributed by atoms with Crippen molar-refractivity contribution in [3.05, 3.63) is 0 Å². The molecule has 18 heavy (non-hydrogen) atoms. The van der Waals surface area contributed by atoms with Gasteiger partial charge in [0.2, 0.25) is 0 Å². The summed E-state index contributed by atoms with van der Waals surface area (Å²) >= 11 is 0. The maximum Gasteiger partial charge on any atom is 0.317 e. The molecule has 1 fully saturated rings. The summed E-state index contributed by atoms with van der Waals surface area (Å²) in [6, 6.07) is -0.389. The van der Waals surface area contributed by atoms with Crippen molar-refractivity contribution in [1.82, 2.24) is 10.2 Å². The lowest BCUT2D eigenvalue weighted by atomic mass is 10.1. The molecule has 8 heteroatoms. The maximum absolute atomic E-state index is 11.7. The number of urea groups is 1. The number of carboxylic acids is 1. The summed E-state index contributed by atoms with van der Waals surface area (Å²) in [6.45, 7) is 0.0481. The second-order valence-corrected chi connectivity index (χ2v) is 3.97. The Balaban J connectivity index is 2.12. The number of aliphatic carboxylic acids is 1. The lowest BCUT2D eigenvalue weighted by Crippen LogP contribution is -2.40. The Hall–Kier alpha value is -1.44. The molecule has 0 saturated carbocycles. The largest absolute Gasteiger partial charge is 0.481 e. The molecule has 0 aromatic carbocycles. The summed E-state index contributed by atoms with van der Waals surface area (Å²) in [4.78, 5) is 23.6. The number of rotatable bonds is 6. The minimum absolute atomic E-state index is 0.00623. The van der Waals surface area contributed by atoms with Gasteiger partial charge in [-0.2, -0.15) is 0 Å². The van der Waals surface area contributed by atoms with E-state index >= 15 is 0 Å². The highest BCUT2D eigenvalue weighted by Crippen LogP contribution is 2.15. The van der Waals surface area contributed by atoms with Gasteiger partial charge in [0.15, 0.2) is 0 Å². The Morgan fingerprint density at radius 1 is 1.50 bits per heavy atom. The van der Waals surface area contributed by atoms with E-state index in [0.717, 1.165) is 0 Å². The van der Waals surface area contributed by atoms with Crippen molar-refractivity contribution < 1.29 is 28.2 Å². The number of ether oxygens (including phenoxy) is 1. The van der Waals surface area contributed by atoms with Crippen LogP contribution in [0.2, 0.25) is 0 Å². The first kappa shape index (κ1) is 14.6. The van der Waals surface area contributed by atoms with E-state index in [2.05, 4.69) is 10.1 Å². The summed E-state index contributed by atoms with van der Waals surface area (Å²) in [5.41, 5.74) is 0. The van der Waals surface area contributed by atoms with E-state index in [1.807, 2.05) is 0 Å². The lowest BCUT2D eigenvalue weighted by molar-refractivity contribution is -0.141. The fourth-order valence-corrected chi connectivity index (χ4v) is 1.66. The first-order valence-corrected chi connectivity index (χ1v) is 5.62. The molecule has 0 radical (unpaired) electrons. The third kappa shape index (κ3) is 4.82. The zero-order valence-corrected chi connectivity index (χ0v) is 9.77. The van der Waals surface area contributed by atoms with Gasteiger partial charge in [0.05, 0.1) is 12.5 Å². The van der Waals surface area contributed by atoms with E-state index in [-0.39, 0.29) is 25.7 Å². The van der Waals surface area contributed by atoms with Crippen LogP contribution in [0.5, 0.6) is 0 Å². The zero-order chi connectivity index (χ0) is 13.5. The second-order valence-electron chi connectivity index (χ2n) is 3.97. The molecule has 1 saturated heterocycles. The van der Waals surface area contributed by atoms with E-state index in [9.17, 15) is 18.4 Å². The van der Waals surface area contributed by atoms with Crippen LogP contribution in [0.4, 0.5) is 13.6 Å². The van der Waals surface area contributed by atoms with Gasteiger partial charge in [-0.25, -0.2) is 13.6 Å². The standard InChI is InChI=1S/C10H16F2N2O4/c11-8(12)6-18-4-2-13-10(17)14-3-1-7(5-14)9(15)16/h7-8H,1-6H2,(H,13,17)(H,15,16). The number of hydrogen-bond acceptors (Lipinski definition) is 3. The highest BCUT2D eigenvalue weighted by Gasteiger charge is 2.30. The van der Waals surface area contributed by atoms with Crippen LogP contribution in [-0.2, 0) is 9.53 Å². The highest BCUT2D eigenvalue weighted by molar-refractivity contribution is 5.77. The summed E-state index contributed by atoms with van der Waals surface area (Å²) in [5.74, 6) is -1.43. The minimum atomic E-state index is -2.52. The Kier molecular flexibility index (Phi) is 5.76. The van der Waals surface area contributed by atoms with Crippen molar-refractivity contribution in [3.63, 3.8) is 0 Å². The summed E-state index contributed by atoms with van der Waals surface area (Å²) in [6.07, 6.45) is -2.08. The number of carbonyl (C=O) groups is 2. The third-order valence-electron chi connectivity index (χ3n) is 2.59. The number of carboxylic acid groups (broad SMARTS) is 1. The first-order chi connectivity index (χ1) is 8.50. The number of hydrogen-bond donors (Lipinski definition) is 2. The molecule has 0 aromatic heterocycles. The predicted octanol–water partition coefficient (Wildman–Crippen LogP) is 0.384. The average molecular weight is 266 g/mol. The molecule has 1 atom stereocenters. The van der Waals surface area contributed by atoms with Gasteiger partial charge in [0, 0.05) is 19.6 Å². The van der Waals surface area contributed by atoms with Crippen molar-refractivity contribution in [3.8, 4) is 0 Å². The van der Waals surface area contributed by atoms with Gasteiger partial charge in [0.1, 0.15) is 6.61 Å².